The molecule has 0 heterocycles. The second-order valence-electron chi connectivity index (χ2n) is 3.43. The van der Waals surface area contributed by atoms with Crippen LogP contribution < -0.4 is 4.74 Å². The predicted octanol–water partition coefficient (Wildman–Crippen LogP) is 4.50. The Hall–Kier alpha value is -1.61. The number of hydrogen-bond acceptors (Lipinski definition) is 1. The van der Waals surface area contributed by atoms with E-state index in [-0.39, 0.29) is 17.4 Å². The minimum Gasteiger partial charge on any atom is -0.451 e. The van der Waals surface area contributed by atoms with E-state index in [4.69, 9.17) is 16.3 Å². The molecule has 0 aliphatic heterocycles. The molecule has 2 rings (SSSR count). The fourth-order valence-electron chi connectivity index (χ4n) is 1.36. The fraction of sp³-hybridized carbons (Fsp3) is 0.0769. The highest BCUT2D eigenvalue weighted by Gasteiger charge is 2.08. The molecule has 0 N–H and O–H groups in total. The predicted molar refractivity (Wildman–Crippen MR) is 62.4 cm³/mol. The van der Waals surface area contributed by atoms with Crippen molar-refractivity contribution < 1.29 is 13.5 Å². The molecular formula is C13H9ClF2O. The second-order valence-corrected chi connectivity index (χ2v) is 3.70. The van der Waals surface area contributed by atoms with Crippen LogP contribution in [0.5, 0.6) is 11.5 Å². The molecule has 0 unspecified atom stereocenters. The van der Waals surface area contributed by atoms with Gasteiger partial charge >= 0.3 is 0 Å². The van der Waals surface area contributed by atoms with Crippen LogP contribution in [0.2, 0.25) is 0 Å². The molecule has 0 spiro atoms. The van der Waals surface area contributed by atoms with Gasteiger partial charge in [0.1, 0.15) is 0 Å². The van der Waals surface area contributed by atoms with E-state index in [9.17, 15) is 8.78 Å². The molecule has 17 heavy (non-hydrogen) atoms. The zero-order chi connectivity index (χ0) is 12.3. The maximum Gasteiger partial charge on any atom is 0.165 e. The summed E-state index contributed by atoms with van der Waals surface area (Å²) in [5.41, 5.74) is 0.708. The molecule has 0 saturated heterocycles. The second kappa shape index (κ2) is 5.15. The number of para-hydroxylation sites is 1. The number of rotatable bonds is 3. The lowest BCUT2D eigenvalue weighted by atomic mass is 10.2. The van der Waals surface area contributed by atoms with Crippen LogP contribution in [0.1, 0.15) is 5.56 Å². The smallest absolute Gasteiger partial charge is 0.165 e. The van der Waals surface area contributed by atoms with Crippen LogP contribution in [0.25, 0.3) is 0 Å². The Labute approximate surface area is 103 Å². The molecule has 0 saturated carbocycles. The maximum atomic E-state index is 13.4. The molecule has 0 atom stereocenters. The first-order valence-electron chi connectivity index (χ1n) is 4.97. The van der Waals surface area contributed by atoms with Gasteiger partial charge in [-0.1, -0.05) is 18.2 Å². The van der Waals surface area contributed by atoms with Gasteiger partial charge in [0, 0.05) is 5.88 Å². The molecule has 2 aromatic rings. The van der Waals surface area contributed by atoms with Gasteiger partial charge in [0.05, 0.1) is 0 Å². The van der Waals surface area contributed by atoms with E-state index in [0.29, 0.717) is 5.56 Å². The summed E-state index contributed by atoms with van der Waals surface area (Å²) in [6, 6.07) is 10.1. The lowest BCUT2D eigenvalue weighted by Gasteiger charge is -2.08. The van der Waals surface area contributed by atoms with E-state index in [1.54, 1.807) is 12.1 Å². The number of alkyl halides is 1. The summed E-state index contributed by atoms with van der Waals surface area (Å²) in [4.78, 5) is 0. The maximum absolute atomic E-state index is 13.4. The Bertz CT molecular complexity index is 529. The van der Waals surface area contributed by atoms with Crippen LogP contribution in [0.15, 0.2) is 42.5 Å². The highest BCUT2D eigenvalue weighted by molar-refractivity contribution is 6.17. The summed E-state index contributed by atoms with van der Waals surface area (Å²) >= 11 is 5.63. The molecule has 0 aromatic heterocycles. The molecule has 0 bridgehead atoms. The minimum atomic E-state index is -0.554. The quantitative estimate of drug-likeness (QED) is 0.733. The van der Waals surface area contributed by atoms with Crippen LogP contribution in [-0.2, 0) is 5.88 Å². The normalized spacial score (nSPS) is 10.3. The third kappa shape index (κ3) is 2.74. The van der Waals surface area contributed by atoms with Crippen LogP contribution in [0.3, 0.4) is 0 Å². The van der Waals surface area contributed by atoms with Crippen molar-refractivity contribution in [3.05, 3.63) is 59.7 Å². The minimum absolute atomic E-state index is 0.0156. The van der Waals surface area contributed by atoms with Crippen molar-refractivity contribution in [3.8, 4) is 11.5 Å². The van der Waals surface area contributed by atoms with Crippen molar-refractivity contribution in [1.29, 1.82) is 0 Å². The van der Waals surface area contributed by atoms with E-state index in [0.717, 1.165) is 0 Å². The molecule has 4 heteroatoms. The third-order valence-corrected chi connectivity index (χ3v) is 2.52. The molecule has 0 amide bonds. The highest BCUT2D eigenvalue weighted by Crippen LogP contribution is 2.27. The number of ether oxygens (including phenoxy) is 1. The number of benzene rings is 2. The highest BCUT2D eigenvalue weighted by atomic mass is 35.5. The van der Waals surface area contributed by atoms with Crippen LogP contribution in [-0.4, -0.2) is 0 Å². The average molecular weight is 255 g/mol. The Morgan fingerprint density at radius 3 is 2.35 bits per heavy atom. The molecule has 0 radical (unpaired) electrons. The van der Waals surface area contributed by atoms with Crippen LogP contribution >= 0.6 is 11.6 Å². The summed E-state index contributed by atoms with van der Waals surface area (Å²) in [5, 5.41) is 0. The van der Waals surface area contributed by atoms with E-state index < -0.39 is 11.6 Å². The lowest BCUT2D eigenvalue weighted by molar-refractivity contribution is 0.414. The molecule has 0 aliphatic rings. The van der Waals surface area contributed by atoms with Crippen molar-refractivity contribution in [2.24, 2.45) is 0 Å². The fourth-order valence-corrected chi connectivity index (χ4v) is 1.52. The first-order valence-corrected chi connectivity index (χ1v) is 5.51. The van der Waals surface area contributed by atoms with Crippen LogP contribution in [0, 0.1) is 11.6 Å². The summed E-state index contributed by atoms with van der Waals surface area (Å²) in [6.45, 7) is 0. The zero-order valence-electron chi connectivity index (χ0n) is 8.79. The van der Waals surface area contributed by atoms with Crippen LogP contribution in [0.4, 0.5) is 8.78 Å². The van der Waals surface area contributed by atoms with Gasteiger partial charge < -0.3 is 4.74 Å². The largest absolute Gasteiger partial charge is 0.451 e. The van der Waals surface area contributed by atoms with Crippen molar-refractivity contribution in [2.75, 3.05) is 0 Å². The summed E-state index contributed by atoms with van der Waals surface area (Å²) < 4.78 is 31.9. The number of halogens is 3. The van der Waals surface area contributed by atoms with Crippen molar-refractivity contribution in [3.63, 3.8) is 0 Å². The first kappa shape index (κ1) is 11.9. The van der Waals surface area contributed by atoms with Gasteiger partial charge in [-0.15, -0.1) is 11.6 Å². The molecule has 0 fully saturated rings. The molecule has 0 aliphatic carbocycles. The molecule has 88 valence electrons. The summed E-state index contributed by atoms with van der Waals surface area (Å²) in [5.74, 6) is -0.898. The van der Waals surface area contributed by atoms with Gasteiger partial charge in [-0.25, -0.2) is 8.78 Å². The molecular weight excluding hydrogens is 246 g/mol. The van der Waals surface area contributed by atoms with E-state index in [2.05, 4.69) is 0 Å². The molecule has 1 nitrogen and oxygen atoms in total. The van der Waals surface area contributed by atoms with E-state index in [1.165, 1.54) is 30.3 Å². The Kier molecular flexibility index (Phi) is 3.59. The van der Waals surface area contributed by atoms with E-state index in [1.807, 2.05) is 0 Å². The van der Waals surface area contributed by atoms with Crippen molar-refractivity contribution in [2.45, 2.75) is 5.88 Å². The summed E-state index contributed by atoms with van der Waals surface area (Å²) in [7, 11) is 0. The Balaban J connectivity index is 2.32. The van der Waals surface area contributed by atoms with Gasteiger partial charge in [-0.05, 0) is 29.8 Å². The topological polar surface area (TPSA) is 9.23 Å². The standard InChI is InChI=1S/C13H9ClF2O/c14-8-9-5-6-11(16)13(7-9)17-12-4-2-1-3-10(12)15/h1-7H,8H2. The van der Waals surface area contributed by atoms with Crippen molar-refractivity contribution in [1.82, 2.24) is 0 Å². The Morgan fingerprint density at radius 1 is 0.941 bits per heavy atom. The van der Waals surface area contributed by atoms with E-state index >= 15 is 0 Å². The van der Waals surface area contributed by atoms with Gasteiger partial charge in [0.15, 0.2) is 23.1 Å². The van der Waals surface area contributed by atoms with Gasteiger partial charge in [-0.2, -0.15) is 0 Å². The zero-order valence-corrected chi connectivity index (χ0v) is 9.55. The van der Waals surface area contributed by atoms with Gasteiger partial charge in [0.25, 0.3) is 0 Å². The third-order valence-electron chi connectivity index (χ3n) is 2.21. The van der Waals surface area contributed by atoms with Gasteiger partial charge in [0.2, 0.25) is 0 Å². The lowest BCUT2D eigenvalue weighted by Crippen LogP contribution is -1.92. The SMILES string of the molecule is Fc1ccccc1Oc1cc(CCl)ccc1F. The van der Waals surface area contributed by atoms with Gasteiger partial charge in [-0.3, -0.25) is 0 Å². The van der Waals surface area contributed by atoms with Crippen molar-refractivity contribution >= 4 is 11.6 Å². The summed E-state index contributed by atoms with van der Waals surface area (Å²) in [6.07, 6.45) is 0. The monoisotopic (exact) mass is 254 g/mol. The number of hydrogen-bond donors (Lipinski definition) is 0. The molecule has 2 aromatic carbocycles. The average Bonchev–Trinajstić information content (AvgIpc) is 2.35. The Morgan fingerprint density at radius 2 is 1.65 bits per heavy atom. The first-order chi connectivity index (χ1) is 8.20.